The minimum Gasteiger partial charge on any atom is -0.451 e. The maximum absolute atomic E-state index is 12.2. The highest BCUT2D eigenvalue weighted by Gasteiger charge is 2.33. The Bertz CT molecular complexity index is 783. The Kier molecular flexibility index (Phi) is 5.20. The Labute approximate surface area is 152 Å². The summed E-state index contributed by atoms with van der Waals surface area (Å²) in [5.74, 6) is -0.130. The van der Waals surface area contributed by atoms with Gasteiger partial charge in [-0.05, 0) is 43.2 Å². The van der Waals surface area contributed by atoms with Gasteiger partial charge in [0.1, 0.15) is 4.88 Å². The SMILES string of the molecule is C[C@@H]1CCc2sc(C(=O)OCC(=O)N(C)[C@@H]3CCS(=O)(=O)C3)cc2C1. The third kappa shape index (κ3) is 4.23. The standard InChI is InChI=1S/C17H23NO5S2/c1-11-3-4-14-12(7-11)8-15(24-14)17(20)23-9-16(19)18(2)13-5-6-25(21,22)10-13/h8,11,13H,3-7,9-10H2,1-2H3/t11-,13-/m1/s1. The van der Waals surface area contributed by atoms with Crippen molar-refractivity contribution in [3.63, 3.8) is 0 Å². The summed E-state index contributed by atoms with van der Waals surface area (Å²) in [5.41, 5.74) is 1.22. The maximum Gasteiger partial charge on any atom is 0.348 e. The lowest BCUT2D eigenvalue weighted by atomic mass is 9.90. The van der Waals surface area contributed by atoms with Crippen LogP contribution in [0.15, 0.2) is 6.07 Å². The molecule has 8 heteroatoms. The van der Waals surface area contributed by atoms with Crippen LogP contribution in [-0.2, 0) is 32.2 Å². The van der Waals surface area contributed by atoms with E-state index < -0.39 is 15.8 Å². The molecular formula is C17H23NO5S2. The molecule has 1 saturated heterocycles. The summed E-state index contributed by atoms with van der Waals surface area (Å²) in [6.45, 7) is 1.85. The second-order valence-electron chi connectivity index (χ2n) is 7.04. The van der Waals surface area contributed by atoms with E-state index in [9.17, 15) is 18.0 Å². The fourth-order valence-corrected chi connectivity index (χ4v) is 6.27. The first-order chi connectivity index (χ1) is 11.7. The van der Waals surface area contributed by atoms with Crippen molar-refractivity contribution in [3.05, 3.63) is 21.4 Å². The van der Waals surface area contributed by atoms with Crippen molar-refractivity contribution in [2.75, 3.05) is 25.2 Å². The molecule has 0 spiro atoms. The molecule has 2 heterocycles. The molecule has 2 atom stereocenters. The number of hydrogen-bond donors (Lipinski definition) is 0. The van der Waals surface area contributed by atoms with Crippen LogP contribution in [-0.4, -0.2) is 56.4 Å². The zero-order valence-electron chi connectivity index (χ0n) is 14.5. The first-order valence-corrected chi connectivity index (χ1v) is 11.1. The quantitative estimate of drug-likeness (QED) is 0.737. The van der Waals surface area contributed by atoms with Gasteiger partial charge in [0.05, 0.1) is 11.5 Å². The zero-order valence-corrected chi connectivity index (χ0v) is 16.1. The van der Waals surface area contributed by atoms with E-state index in [2.05, 4.69) is 6.92 Å². The molecule has 1 aromatic rings. The molecule has 0 saturated carbocycles. The van der Waals surface area contributed by atoms with Gasteiger partial charge < -0.3 is 9.64 Å². The molecule has 25 heavy (non-hydrogen) atoms. The fraction of sp³-hybridized carbons (Fsp3) is 0.647. The monoisotopic (exact) mass is 385 g/mol. The van der Waals surface area contributed by atoms with Crippen molar-refractivity contribution in [3.8, 4) is 0 Å². The topological polar surface area (TPSA) is 80.8 Å². The molecular weight excluding hydrogens is 362 g/mol. The molecule has 0 unspecified atom stereocenters. The smallest absolute Gasteiger partial charge is 0.348 e. The Morgan fingerprint density at radius 1 is 1.36 bits per heavy atom. The van der Waals surface area contributed by atoms with Crippen LogP contribution < -0.4 is 0 Å². The van der Waals surface area contributed by atoms with Gasteiger partial charge in [0.2, 0.25) is 0 Å². The highest BCUT2D eigenvalue weighted by atomic mass is 32.2. The summed E-state index contributed by atoms with van der Waals surface area (Å²) in [6, 6.07) is 1.56. The molecule has 0 bridgehead atoms. The van der Waals surface area contributed by atoms with E-state index in [1.807, 2.05) is 6.07 Å². The van der Waals surface area contributed by atoms with E-state index in [0.29, 0.717) is 17.2 Å². The van der Waals surface area contributed by atoms with E-state index in [4.69, 9.17) is 4.74 Å². The number of carbonyl (C=O) groups is 2. The predicted molar refractivity (Wildman–Crippen MR) is 95.6 cm³/mol. The van der Waals surface area contributed by atoms with Gasteiger partial charge in [-0.3, -0.25) is 4.79 Å². The van der Waals surface area contributed by atoms with Crippen LogP contribution in [0.25, 0.3) is 0 Å². The summed E-state index contributed by atoms with van der Waals surface area (Å²) in [4.78, 5) is 27.6. The molecule has 138 valence electrons. The van der Waals surface area contributed by atoms with Gasteiger partial charge in [-0.25, -0.2) is 13.2 Å². The first-order valence-electron chi connectivity index (χ1n) is 8.50. The van der Waals surface area contributed by atoms with Crippen LogP contribution >= 0.6 is 11.3 Å². The van der Waals surface area contributed by atoms with Crippen molar-refractivity contribution in [1.29, 1.82) is 0 Å². The summed E-state index contributed by atoms with van der Waals surface area (Å²) in [5, 5.41) is 0. The molecule has 1 aromatic heterocycles. The van der Waals surface area contributed by atoms with Crippen molar-refractivity contribution in [2.45, 2.75) is 38.6 Å². The summed E-state index contributed by atoms with van der Waals surface area (Å²) in [6.07, 6.45) is 3.55. The summed E-state index contributed by atoms with van der Waals surface area (Å²) < 4.78 is 28.2. The predicted octanol–water partition coefficient (Wildman–Crippen LogP) is 1.68. The van der Waals surface area contributed by atoms with Gasteiger partial charge in [-0.15, -0.1) is 11.3 Å². The van der Waals surface area contributed by atoms with E-state index >= 15 is 0 Å². The number of aryl methyl sites for hydroxylation is 1. The number of hydrogen-bond acceptors (Lipinski definition) is 6. The van der Waals surface area contributed by atoms with Gasteiger partial charge in [-0.1, -0.05) is 6.92 Å². The van der Waals surface area contributed by atoms with E-state index in [1.165, 1.54) is 26.7 Å². The number of ether oxygens (including phenoxy) is 1. The number of thiophene rings is 1. The van der Waals surface area contributed by atoms with Crippen molar-refractivity contribution < 1.29 is 22.7 Å². The number of carbonyl (C=O) groups excluding carboxylic acids is 2. The van der Waals surface area contributed by atoms with Crippen LogP contribution in [0.5, 0.6) is 0 Å². The van der Waals surface area contributed by atoms with Crippen molar-refractivity contribution >= 4 is 33.1 Å². The highest BCUT2D eigenvalue weighted by molar-refractivity contribution is 7.91. The largest absolute Gasteiger partial charge is 0.451 e. The average molecular weight is 386 g/mol. The highest BCUT2D eigenvalue weighted by Crippen LogP contribution is 2.32. The fourth-order valence-electron chi connectivity index (χ4n) is 3.39. The third-order valence-electron chi connectivity index (χ3n) is 5.01. The van der Waals surface area contributed by atoms with E-state index in [0.717, 1.165) is 19.3 Å². The van der Waals surface area contributed by atoms with Crippen molar-refractivity contribution in [2.24, 2.45) is 5.92 Å². The molecule has 1 amide bonds. The van der Waals surface area contributed by atoms with E-state index in [1.54, 1.807) is 7.05 Å². The van der Waals surface area contributed by atoms with Crippen LogP contribution in [0.4, 0.5) is 0 Å². The molecule has 0 radical (unpaired) electrons. The number of esters is 1. The molecule has 0 N–H and O–H groups in total. The zero-order chi connectivity index (χ0) is 18.2. The lowest BCUT2D eigenvalue weighted by Gasteiger charge is -2.23. The minimum atomic E-state index is -3.05. The minimum absolute atomic E-state index is 0.0149. The molecule has 1 fully saturated rings. The number of sulfone groups is 1. The van der Waals surface area contributed by atoms with Gasteiger partial charge in [-0.2, -0.15) is 0 Å². The molecule has 1 aliphatic heterocycles. The molecule has 3 rings (SSSR count). The first kappa shape index (κ1) is 18.4. The second kappa shape index (κ2) is 7.07. The number of fused-ring (bicyclic) bond motifs is 1. The molecule has 0 aromatic carbocycles. The van der Waals surface area contributed by atoms with Crippen LogP contribution in [0.3, 0.4) is 0 Å². The Balaban J connectivity index is 1.54. The van der Waals surface area contributed by atoms with Gasteiger partial charge in [0.15, 0.2) is 16.4 Å². The van der Waals surface area contributed by atoms with Crippen LogP contribution in [0, 0.1) is 5.92 Å². The van der Waals surface area contributed by atoms with Crippen LogP contribution in [0.1, 0.15) is 39.9 Å². The molecule has 2 aliphatic rings. The Morgan fingerprint density at radius 3 is 2.80 bits per heavy atom. The van der Waals surface area contributed by atoms with Gasteiger partial charge in [0.25, 0.3) is 5.91 Å². The van der Waals surface area contributed by atoms with Gasteiger partial charge >= 0.3 is 5.97 Å². The Morgan fingerprint density at radius 2 is 2.12 bits per heavy atom. The average Bonchev–Trinajstić information content (AvgIpc) is 3.14. The second-order valence-corrected chi connectivity index (χ2v) is 10.4. The summed E-state index contributed by atoms with van der Waals surface area (Å²) >= 11 is 1.45. The van der Waals surface area contributed by atoms with E-state index in [-0.39, 0.29) is 30.1 Å². The summed E-state index contributed by atoms with van der Waals surface area (Å²) in [7, 11) is -1.49. The number of nitrogens with zero attached hydrogens (tertiary/aromatic N) is 1. The third-order valence-corrected chi connectivity index (χ3v) is 7.97. The van der Waals surface area contributed by atoms with Gasteiger partial charge in [0, 0.05) is 18.0 Å². The van der Waals surface area contributed by atoms with Crippen molar-refractivity contribution in [1.82, 2.24) is 4.90 Å². The lowest BCUT2D eigenvalue weighted by molar-refractivity contribution is -0.134. The van der Waals surface area contributed by atoms with Crippen LogP contribution in [0.2, 0.25) is 0 Å². The maximum atomic E-state index is 12.2. The lowest BCUT2D eigenvalue weighted by Crippen LogP contribution is -2.40. The molecule has 1 aliphatic carbocycles. The number of likely N-dealkylation sites (N-methyl/N-ethyl adjacent to an activating group) is 1. The molecule has 6 nitrogen and oxygen atoms in total. The normalized spacial score (nSPS) is 24.6. The number of rotatable bonds is 4. The number of amides is 1. The Hall–Kier alpha value is -1.41.